The molecule has 0 saturated carbocycles. The highest BCUT2D eigenvalue weighted by Gasteiger charge is 2.09. The van der Waals surface area contributed by atoms with Crippen molar-refractivity contribution in [1.82, 2.24) is 4.98 Å². The van der Waals surface area contributed by atoms with Crippen molar-refractivity contribution < 1.29 is 9.34 Å². The Labute approximate surface area is 86.0 Å². The molecule has 1 aromatic carbocycles. The van der Waals surface area contributed by atoms with E-state index in [4.69, 9.17) is 4.42 Å². The maximum Gasteiger partial charge on any atom is 0.273 e. The summed E-state index contributed by atoms with van der Waals surface area (Å²) in [5.41, 5.74) is 1.09. The fraction of sp³-hybridized carbons (Fsp3) is 0. The minimum atomic E-state index is -0.463. The molecule has 0 fully saturated rings. The van der Waals surface area contributed by atoms with Gasteiger partial charge in [0.05, 0.1) is 11.0 Å². The highest BCUT2D eigenvalue weighted by atomic mass is 127. The van der Waals surface area contributed by atoms with Gasteiger partial charge in [-0.05, 0) is 6.07 Å². The van der Waals surface area contributed by atoms with E-state index < -0.39 is 4.92 Å². The summed E-state index contributed by atoms with van der Waals surface area (Å²) < 4.78 is 5.61. The Kier molecular flexibility index (Phi) is 1.91. The molecule has 5 nitrogen and oxygen atoms in total. The summed E-state index contributed by atoms with van der Waals surface area (Å²) in [4.78, 5) is 13.9. The first-order valence-electron chi connectivity index (χ1n) is 3.37. The van der Waals surface area contributed by atoms with Crippen LogP contribution in [0, 0.1) is 14.0 Å². The van der Waals surface area contributed by atoms with E-state index in [-0.39, 0.29) is 5.69 Å². The van der Waals surface area contributed by atoms with Gasteiger partial charge in [-0.2, -0.15) is 0 Å². The normalized spacial score (nSPS) is 10.5. The average molecular weight is 290 g/mol. The minimum Gasteiger partial charge on any atom is -0.432 e. The number of benzene rings is 1. The molecule has 0 aliphatic rings. The zero-order chi connectivity index (χ0) is 9.42. The number of nitrogens with zero attached hydrogens (tertiary/aromatic N) is 2. The van der Waals surface area contributed by atoms with Gasteiger partial charge in [0.15, 0.2) is 5.58 Å². The van der Waals surface area contributed by atoms with Gasteiger partial charge in [-0.15, -0.1) is 0 Å². The lowest BCUT2D eigenvalue weighted by Gasteiger charge is -1.88. The summed E-state index contributed by atoms with van der Waals surface area (Å²) in [7, 11) is 0. The van der Waals surface area contributed by atoms with Gasteiger partial charge in [0.2, 0.25) is 0 Å². The molecule has 6 heteroatoms. The average Bonchev–Trinajstić information content (AvgIpc) is 2.42. The van der Waals surface area contributed by atoms with Crippen LogP contribution in [0.25, 0.3) is 11.1 Å². The van der Waals surface area contributed by atoms with Crippen molar-refractivity contribution in [3.05, 3.63) is 32.2 Å². The lowest BCUT2D eigenvalue weighted by atomic mass is 10.3. The first-order chi connectivity index (χ1) is 6.16. The second kappa shape index (κ2) is 2.95. The van der Waals surface area contributed by atoms with Crippen LogP contribution in [0.4, 0.5) is 5.69 Å². The van der Waals surface area contributed by atoms with Crippen molar-refractivity contribution in [3.63, 3.8) is 0 Å². The van der Waals surface area contributed by atoms with Crippen LogP contribution in [0.3, 0.4) is 0 Å². The number of halogens is 1. The Hall–Kier alpha value is -1.18. The molecule has 1 heterocycles. The van der Waals surface area contributed by atoms with Crippen LogP contribution in [0.1, 0.15) is 0 Å². The summed E-state index contributed by atoms with van der Waals surface area (Å²) in [5, 5.41) is 10.4. The number of oxazole rings is 1. The summed E-state index contributed by atoms with van der Waals surface area (Å²) in [6, 6.07) is 4.34. The van der Waals surface area contributed by atoms with Crippen LogP contribution < -0.4 is 0 Å². The topological polar surface area (TPSA) is 69.2 Å². The second-order valence-electron chi connectivity index (χ2n) is 2.38. The van der Waals surface area contributed by atoms with E-state index >= 15 is 0 Å². The number of aromatic nitrogens is 1. The van der Waals surface area contributed by atoms with Crippen molar-refractivity contribution >= 4 is 39.4 Å². The lowest BCUT2D eigenvalue weighted by Crippen LogP contribution is -1.86. The van der Waals surface area contributed by atoms with E-state index in [0.717, 1.165) is 0 Å². The molecule has 2 aromatic rings. The zero-order valence-electron chi connectivity index (χ0n) is 6.23. The highest BCUT2D eigenvalue weighted by Crippen LogP contribution is 2.21. The van der Waals surface area contributed by atoms with E-state index in [1.165, 1.54) is 12.1 Å². The van der Waals surface area contributed by atoms with Crippen molar-refractivity contribution in [2.75, 3.05) is 0 Å². The molecule has 0 radical (unpaired) electrons. The lowest BCUT2D eigenvalue weighted by molar-refractivity contribution is -0.384. The van der Waals surface area contributed by atoms with Gasteiger partial charge in [-0.1, -0.05) is 0 Å². The molecule has 0 amide bonds. The number of fused-ring (bicyclic) bond motifs is 1. The molecule has 0 bridgehead atoms. The number of rotatable bonds is 1. The van der Waals surface area contributed by atoms with Crippen LogP contribution in [0.5, 0.6) is 0 Å². The summed E-state index contributed by atoms with van der Waals surface area (Å²) in [5.74, 6) is 0. The highest BCUT2D eigenvalue weighted by molar-refractivity contribution is 14.1. The van der Waals surface area contributed by atoms with Gasteiger partial charge in [-0.3, -0.25) is 10.1 Å². The van der Waals surface area contributed by atoms with E-state index in [0.29, 0.717) is 15.0 Å². The maximum atomic E-state index is 10.4. The van der Waals surface area contributed by atoms with Crippen molar-refractivity contribution in [1.29, 1.82) is 0 Å². The Morgan fingerprint density at radius 1 is 1.54 bits per heavy atom. The Balaban J connectivity index is 2.67. The Bertz CT molecular complexity index is 480. The Morgan fingerprint density at radius 2 is 2.31 bits per heavy atom. The number of hydrogen-bond donors (Lipinski definition) is 0. The molecule has 66 valence electrons. The molecule has 0 aliphatic heterocycles. The monoisotopic (exact) mass is 290 g/mol. The number of non-ortho nitro benzene ring substituents is 1. The fourth-order valence-electron chi connectivity index (χ4n) is 0.999. The van der Waals surface area contributed by atoms with E-state index in [1.54, 1.807) is 6.07 Å². The zero-order valence-corrected chi connectivity index (χ0v) is 8.39. The predicted octanol–water partition coefficient (Wildman–Crippen LogP) is 2.34. The van der Waals surface area contributed by atoms with Crippen LogP contribution in [-0.2, 0) is 0 Å². The van der Waals surface area contributed by atoms with Gasteiger partial charge in [0, 0.05) is 28.7 Å². The molecular weight excluding hydrogens is 287 g/mol. The van der Waals surface area contributed by atoms with Gasteiger partial charge in [-0.25, -0.2) is 4.98 Å². The standard InChI is InChI=1S/C7H3IN2O3/c8-7-9-5-2-1-4(10(11)12)3-6(5)13-7/h1-3H. The molecular formula is C7H3IN2O3. The smallest absolute Gasteiger partial charge is 0.273 e. The van der Waals surface area contributed by atoms with E-state index in [9.17, 15) is 10.1 Å². The Morgan fingerprint density at radius 3 is 3.00 bits per heavy atom. The number of nitro groups is 1. The first-order valence-corrected chi connectivity index (χ1v) is 4.45. The van der Waals surface area contributed by atoms with Gasteiger partial charge >= 0.3 is 0 Å². The summed E-state index contributed by atoms with van der Waals surface area (Å²) >= 11 is 1.91. The number of hydrogen-bond acceptors (Lipinski definition) is 4. The van der Waals surface area contributed by atoms with E-state index in [1.807, 2.05) is 22.6 Å². The molecule has 0 aliphatic carbocycles. The first kappa shape index (κ1) is 8.42. The molecule has 0 unspecified atom stereocenters. The predicted molar refractivity (Wildman–Crippen MR) is 53.4 cm³/mol. The van der Waals surface area contributed by atoms with Crippen molar-refractivity contribution in [2.24, 2.45) is 0 Å². The fourth-order valence-corrected chi connectivity index (χ4v) is 1.50. The molecule has 2 rings (SSSR count). The quantitative estimate of drug-likeness (QED) is 0.459. The third-order valence-electron chi connectivity index (χ3n) is 1.56. The second-order valence-corrected chi connectivity index (χ2v) is 3.30. The van der Waals surface area contributed by atoms with Crippen LogP contribution >= 0.6 is 22.6 Å². The molecule has 0 N–H and O–H groups in total. The third kappa shape index (κ3) is 1.48. The van der Waals surface area contributed by atoms with E-state index in [2.05, 4.69) is 4.98 Å². The molecule has 0 saturated heterocycles. The van der Waals surface area contributed by atoms with Gasteiger partial charge in [0.1, 0.15) is 5.52 Å². The SMILES string of the molecule is O=[N+]([O-])c1ccc2nc(I)oc2c1. The van der Waals surface area contributed by atoms with Crippen LogP contribution in [0.15, 0.2) is 22.6 Å². The summed E-state index contributed by atoms with van der Waals surface area (Å²) in [6.45, 7) is 0. The van der Waals surface area contributed by atoms with Crippen LogP contribution in [-0.4, -0.2) is 9.91 Å². The van der Waals surface area contributed by atoms with Crippen molar-refractivity contribution in [3.8, 4) is 0 Å². The van der Waals surface area contributed by atoms with Gasteiger partial charge < -0.3 is 4.42 Å². The number of nitro benzene ring substituents is 1. The summed E-state index contributed by atoms with van der Waals surface area (Å²) in [6.07, 6.45) is 0. The minimum absolute atomic E-state index is 0.0139. The molecule has 0 spiro atoms. The molecule has 13 heavy (non-hydrogen) atoms. The largest absolute Gasteiger partial charge is 0.432 e. The third-order valence-corrected chi connectivity index (χ3v) is 2.02. The molecule has 0 atom stereocenters. The van der Waals surface area contributed by atoms with Crippen molar-refractivity contribution in [2.45, 2.75) is 0 Å². The van der Waals surface area contributed by atoms with Gasteiger partial charge in [0.25, 0.3) is 9.58 Å². The maximum absolute atomic E-state index is 10.4. The van der Waals surface area contributed by atoms with Crippen LogP contribution in [0.2, 0.25) is 0 Å². The molecule has 1 aromatic heterocycles.